The quantitative estimate of drug-likeness (QED) is 0.815. The topological polar surface area (TPSA) is 55.1 Å². The molecule has 60 valence electrons. The van der Waals surface area contributed by atoms with Crippen LogP contribution in [0.25, 0.3) is 0 Å². The van der Waals surface area contributed by atoms with Crippen LogP contribution >= 0.6 is 15.9 Å². The fraction of sp³-hybridized carbons (Fsp3) is 0.333. The zero-order valence-corrected chi connectivity index (χ0v) is 7.45. The van der Waals surface area contributed by atoms with Crippen molar-refractivity contribution >= 4 is 21.9 Å². The normalized spacial score (nSPS) is 12.9. The number of hydrogen-bond acceptors (Lipinski definition) is 2. The van der Waals surface area contributed by atoms with E-state index in [2.05, 4.69) is 21.0 Å². The second kappa shape index (κ2) is 3.04. The molecule has 0 aliphatic heterocycles. The first-order valence-electron chi connectivity index (χ1n) is 3.03. The van der Waals surface area contributed by atoms with E-state index in [1.54, 1.807) is 19.3 Å². The van der Waals surface area contributed by atoms with Crippen molar-refractivity contribution in [2.45, 2.75) is 13.0 Å². The maximum atomic E-state index is 10.4. The molecule has 1 N–H and O–H groups in total. The van der Waals surface area contributed by atoms with Gasteiger partial charge in [0.2, 0.25) is 0 Å². The molecule has 0 bridgehead atoms. The summed E-state index contributed by atoms with van der Waals surface area (Å²) in [5, 5.41) is 12.4. The van der Waals surface area contributed by atoms with Crippen LogP contribution < -0.4 is 0 Å². The summed E-state index contributed by atoms with van der Waals surface area (Å²) >= 11 is 3.17. The van der Waals surface area contributed by atoms with Crippen LogP contribution in [0.15, 0.2) is 16.9 Å². The van der Waals surface area contributed by atoms with Crippen molar-refractivity contribution in [2.75, 3.05) is 0 Å². The second-order valence-corrected chi connectivity index (χ2v) is 3.07. The van der Waals surface area contributed by atoms with E-state index in [4.69, 9.17) is 5.11 Å². The van der Waals surface area contributed by atoms with Crippen LogP contribution in [0.4, 0.5) is 0 Å². The molecule has 0 aromatic carbocycles. The molecule has 1 aromatic rings. The molecule has 1 aromatic heterocycles. The summed E-state index contributed by atoms with van der Waals surface area (Å²) in [6, 6.07) is -0.610. The smallest absolute Gasteiger partial charge is 0.328 e. The van der Waals surface area contributed by atoms with Crippen molar-refractivity contribution in [3.05, 3.63) is 16.9 Å². The third-order valence-corrected chi connectivity index (χ3v) is 1.73. The van der Waals surface area contributed by atoms with Crippen LogP contribution in [0, 0.1) is 0 Å². The van der Waals surface area contributed by atoms with Crippen molar-refractivity contribution < 1.29 is 9.90 Å². The van der Waals surface area contributed by atoms with Crippen molar-refractivity contribution in [1.82, 2.24) is 9.78 Å². The third kappa shape index (κ3) is 1.80. The Hall–Kier alpha value is -0.840. The molecule has 0 aliphatic rings. The molecule has 0 saturated heterocycles. The number of aliphatic carboxylic acids is 1. The molecule has 0 aliphatic carbocycles. The van der Waals surface area contributed by atoms with Gasteiger partial charge in [0.05, 0.1) is 10.7 Å². The van der Waals surface area contributed by atoms with E-state index in [-0.39, 0.29) is 0 Å². The SMILES string of the molecule is C[C@H](C(=O)O)n1cc(Br)cn1. The van der Waals surface area contributed by atoms with Crippen molar-refractivity contribution in [3.63, 3.8) is 0 Å². The van der Waals surface area contributed by atoms with Crippen LogP contribution in [-0.4, -0.2) is 20.9 Å². The lowest BCUT2D eigenvalue weighted by Gasteiger charge is -2.04. The number of aromatic nitrogens is 2. The monoisotopic (exact) mass is 218 g/mol. The van der Waals surface area contributed by atoms with E-state index in [0.717, 1.165) is 4.47 Å². The molecule has 0 radical (unpaired) electrons. The predicted octanol–water partition coefficient (Wildman–Crippen LogP) is 1.29. The van der Waals surface area contributed by atoms with Gasteiger partial charge in [-0.2, -0.15) is 5.10 Å². The number of rotatable bonds is 2. The van der Waals surface area contributed by atoms with Crippen molar-refractivity contribution in [2.24, 2.45) is 0 Å². The third-order valence-electron chi connectivity index (χ3n) is 1.32. The molecule has 0 amide bonds. The predicted molar refractivity (Wildman–Crippen MR) is 42.3 cm³/mol. The highest BCUT2D eigenvalue weighted by molar-refractivity contribution is 9.10. The first-order valence-corrected chi connectivity index (χ1v) is 3.83. The van der Waals surface area contributed by atoms with Gasteiger partial charge in [-0.15, -0.1) is 0 Å². The first kappa shape index (κ1) is 8.26. The Morgan fingerprint density at radius 3 is 2.91 bits per heavy atom. The van der Waals surface area contributed by atoms with E-state index in [1.807, 2.05) is 0 Å². The Balaban J connectivity index is 2.84. The molecule has 0 saturated carbocycles. The molecular weight excluding hydrogens is 212 g/mol. The van der Waals surface area contributed by atoms with E-state index < -0.39 is 12.0 Å². The molecule has 0 unspecified atom stereocenters. The molecule has 1 atom stereocenters. The van der Waals surface area contributed by atoms with Gasteiger partial charge >= 0.3 is 5.97 Å². The summed E-state index contributed by atoms with van der Waals surface area (Å²) in [5.74, 6) is -0.888. The van der Waals surface area contributed by atoms with Gasteiger partial charge in [0.1, 0.15) is 6.04 Å². The molecule has 11 heavy (non-hydrogen) atoms. The summed E-state index contributed by atoms with van der Waals surface area (Å²) in [6.45, 7) is 1.57. The molecule has 0 fully saturated rings. The fourth-order valence-electron chi connectivity index (χ4n) is 0.640. The second-order valence-electron chi connectivity index (χ2n) is 2.15. The van der Waals surface area contributed by atoms with Gasteiger partial charge in [0.15, 0.2) is 0 Å². The average Bonchev–Trinajstić information content (AvgIpc) is 2.34. The average molecular weight is 219 g/mol. The number of hydrogen-bond donors (Lipinski definition) is 1. The van der Waals surface area contributed by atoms with E-state index in [0.29, 0.717) is 0 Å². The number of carboxylic acid groups (broad SMARTS) is 1. The van der Waals surface area contributed by atoms with Crippen LogP contribution in [0.1, 0.15) is 13.0 Å². The van der Waals surface area contributed by atoms with Crippen LogP contribution in [0.3, 0.4) is 0 Å². The molecule has 5 heteroatoms. The maximum absolute atomic E-state index is 10.4. The highest BCUT2D eigenvalue weighted by atomic mass is 79.9. The lowest BCUT2D eigenvalue weighted by atomic mass is 10.4. The lowest BCUT2D eigenvalue weighted by Crippen LogP contribution is -2.15. The summed E-state index contributed by atoms with van der Waals surface area (Å²) in [7, 11) is 0. The summed E-state index contributed by atoms with van der Waals surface area (Å²) in [5.41, 5.74) is 0. The van der Waals surface area contributed by atoms with Crippen LogP contribution in [0.5, 0.6) is 0 Å². The zero-order chi connectivity index (χ0) is 8.43. The number of halogens is 1. The summed E-state index contributed by atoms with van der Waals surface area (Å²) in [6.07, 6.45) is 3.18. The van der Waals surface area contributed by atoms with Gasteiger partial charge in [0.25, 0.3) is 0 Å². The fourth-order valence-corrected chi connectivity index (χ4v) is 0.941. The van der Waals surface area contributed by atoms with Crippen molar-refractivity contribution in [3.8, 4) is 0 Å². The van der Waals surface area contributed by atoms with Gasteiger partial charge < -0.3 is 5.11 Å². The highest BCUT2D eigenvalue weighted by Crippen LogP contribution is 2.10. The minimum atomic E-state index is -0.888. The van der Waals surface area contributed by atoms with Crippen LogP contribution in [-0.2, 0) is 4.79 Å². The zero-order valence-electron chi connectivity index (χ0n) is 5.86. The molecule has 1 rings (SSSR count). The van der Waals surface area contributed by atoms with E-state index >= 15 is 0 Å². The van der Waals surface area contributed by atoms with Crippen LogP contribution in [0.2, 0.25) is 0 Å². The standard InChI is InChI=1S/C6H7BrN2O2/c1-4(6(10)11)9-3-5(7)2-8-9/h2-4H,1H3,(H,10,11)/t4-/m1/s1. The van der Waals surface area contributed by atoms with Gasteiger partial charge in [-0.05, 0) is 22.9 Å². The Morgan fingerprint density at radius 1 is 1.91 bits per heavy atom. The molecule has 0 spiro atoms. The largest absolute Gasteiger partial charge is 0.480 e. The van der Waals surface area contributed by atoms with E-state index in [9.17, 15) is 4.79 Å². The number of carbonyl (C=O) groups is 1. The first-order chi connectivity index (χ1) is 5.11. The lowest BCUT2D eigenvalue weighted by molar-refractivity contribution is -0.140. The minimum Gasteiger partial charge on any atom is -0.480 e. The summed E-state index contributed by atoms with van der Waals surface area (Å²) < 4.78 is 2.16. The molecule has 1 heterocycles. The highest BCUT2D eigenvalue weighted by Gasteiger charge is 2.12. The Kier molecular flexibility index (Phi) is 2.28. The summed E-state index contributed by atoms with van der Waals surface area (Å²) in [4.78, 5) is 10.4. The molecular formula is C6H7BrN2O2. The van der Waals surface area contributed by atoms with Crippen molar-refractivity contribution in [1.29, 1.82) is 0 Å². The number of nitrogens with zero attached hydrogens (tertiary/aromatic N) is 2. The van der Waals surface area contributed by atoms with Gasteiger partial charge in [0, 0.05) is 6.20 Å². The Labute approximate surface area is 72.0 Å². The minimum absolute atomic E-state index is 0.610. The number of carboxylic acids is 1. The Morgan fingerprint density at radius 2 is 2.55 bits per heavy atom. The van der Waals surface area contributed by atoms with Gasteiger partial charge in [-0.25, -0.2) is 4.79 Å². The van der Waals surface area contributed by atoms with Gasteiger partial charge in [-0.1, -0.05) is 0 Å². The van der Waals surface area contributed by atoms with Gasteiger partial charge in [-0.3, -0.25) is 4.68 Å². The van der Waals surface area contributed by atoms with E-state index in [1.165, 1.54) is 4.68 Å². The molecule has 4 nitrogen and oxygen atoms in total. The Bertz CT molecular complexity index is 271. The maximum Gasteiger partial charge on any atom is 0.328 e.